The zero-order chi connectivity index (χ0) is 25.6. The number of amides is 1. The third kappa shape index (κ3) is 4.40. The Morgan fingerprint density at radius 2 is 1.94 bits per heavy atom. The largest absolute Gasteiger partial charge is 0.446 e. The van der Waals surface area contributed by atoms with Gasteiger partial charge >= 0.3 is 11.7 Å². The molecule has 0 radical (unpaired) electrons. The summed E-state index contributed by atoms with van der Waals surface area (Å²) in [5.41, 5.74) is -0.0627. The second-order valence-electron chi connectivity index (χ2n) is 12.5. The zero-order valence-corrected chi connectivity index (χ0v) is 22.3. The van der Waals surface area contributed by atoms with Gasteiger partial charge in [-0.25, -0.2) is 9.59 Å². The Hall–Kier alpha value is -1.86. The summed E-state index contributed by atoms with van der Waals surface area (Å²) in [6.45, 7) is 10.0. The van der Waals surface area contributed by atoms with Gasteiger partial charge in [-0.1, -0.05) is 27.2 Å². The first-order chi connectivity index (χ1) is 17.2. The fourth-order valence-corrected chi connectivity index (χ4v) is 8.42. The third-order valence-electron chi connectivity index (χ3n) is 11.0. The number of piperazine rings is 1. The number of aliphatic hydroxyl groups is 1. The van der Waals surface area contributed by atoms with Crippen LogP contribution in [0.1, 0.15) is 90.0 Å². The molecule has 3 aliphatic carbocycles. The van der Waals surface area contributed by atoms with Gasteiger partial charge < -0.3 is 24.5 Å². The molecule has 4 aliphatic rings. The molecule has 7 nitrogen and oxygen atoms in total. The average molecular weight is 501 g/mol. The maximum atomic E-state index is 12.7. The van der Waals surface area contributed by atoms with Crippen molar-refractivity contribution in [1.29, 1.82) is 0 Å². The molecule has 1 aromatic heterocycles. The summed E-state index contributed by atoms with van der Waals surface area (Å²) in [6.07, 6.45) is 9.99. The van der Waals surface area contributed by atoms with E-state index in [1.165, 1.54) is 6.07 Å². The van der Waals surface area contributed by atoms with Gasteiger partial charge in [-0.15, -0.1) is 0 Å². The van der Waals surface area contributed by atoms with Gasteiger partial charge in [-0.3, -0.25) is 0 Å². The topological polar surface area (TPSA) is 92.0 Å². The van der Waals surface area contributed by atoms with Crippen LogP contribution in [0.15, 0.2) is 27.6 Å². The van der Waals surface area contributed by atoms with Crippen LogP contribution in [0.2, 0.25) is 0 Å². The molecule has 3 saturated carbocycles. The molecular weight excluding hydrogens is 456 g/mol. The van der Waals surface area contributed by atoms with Crippen molar-refractivity contribution < 1.29 is 19.1 Å². The van der Waals surface area contributed by atoms with Crippen LogP contribution >= 0.6 is 0 Å². The molecule has 7 unspecified atom stereocenters. The van der Waals surface area contributed by atoms with Crippen molar-refractivity contribution in [2.24, 2.45) is 22.7 Å². The molecule has 2 heterocycles. The summed E-state index contributed by atoms with van der Waals surface area (Å²) >= 11 is 0. The number of rotatable bonds is 4. The van der Waals surface area contributed by atoms with E-state index in [1.54, 1.807) is 6.26 Å². The highest BCUT2D eigenvalue weighted by atomic mass is 16.6. The summed E-state index contributed by atoms with van der Waals surface area (Å²) in [4.78, 5) is 26.0. The summed E-state index contributed by atoms with van der Waals surface area (Å²) in [5.74, 6) is 1.14. The Labute approximate surface area is 215 Å². The molecule has 5 rings (SSSR count). The van der Waals surface area contributed by atoms with Crippen molar-refractivity contribution in [2.45, 2.75) is 96.2 Å². The van der Waals surface area contributed by atoms with Gasteiger partial charge in [0.1, 0.15) is 6.10 Å². The zero-order valence-electron chi connectivity index (χ0n) is 22.3. The van der Waals surface area contributed by atoms with Gasteiger partial charge in [-0.2, -0.15) is 0 Å². The minimum absolute atomic E-state index is 0.00838. The fourth-order valence-electron chi connectivity index (χ4n) is 8.42. The number of hydrogen-bond donors (Lipinski definition) is 2. The molecule has 200 valence electrons. The molecule has 7 atom stereocenters. The fraction of sp³-hybridized carbons (Fsp3) is 0.793. The monoisotopic (exact) mass is 500 g/mol. The van der Waals surface area contributed by atoms with Gasteiger partial charge in [0.2, 0.25) is 0 Å². The number of carbonyl (C=O) groups excluding carboxylic acids is 1. The average Bonchev–Trinajstić information content (AvgIpc) is 3.16. The Bertz CT molecular complexity index is 985. The molecule has 0 aromatic carbocycles. The summed E-state index contributed by atoms with van der Waals surface area (Å²) in [6, 6.07) is 3.39. The van der Waals surface area contributed by atoms with E-state index < -0.39 is 5.60 Å². The standard InChI is InChI=1S/C29H44N2O5/c1-4-21-17-23(36-26(33)31-15-13-30-14-16-31)8-10-27(21,2)22-7-11-28(3)24(9-12-29(28,34)18-22)20-5-6-25(32)35-19-20/h5-6,19,21-24,30,34H,4,7-18H2,1-3H3. The first kappa shape index (κ1) is 25.8. The molecule has 1 aromatic rings. The highest BCUT2D eigenvalue weighted by Crippen LogP contribution is 2.65. The second kappa shape index (κ2) is 9.79. The Balaban J connectivity index is 1.26. The van der Waals surface area contributed by atoms with Crippen LogP contribution in [0, 0.1) is 22.7 Å². The molecule has 1 saturated heterocycles. The summed E-state index contributed by atoms with van der Waals surface area (Å²) < 4.78 is 11.2. The first-order valence-electron chi connectivity index (χ1n) is 14.2. The lowest BCUT2D eigenvalue weighted by Gasteiger charge is -2.56. The smallest absolute Gasteiger partial charge is 0.410 e. The van der Waals surface area contributed by atoms with Crippen molar-refractivity contribution in [1.82, 2.24) is 10.2 Å². The van der Waals surface area contributed by atoms with E-state index in [9.17, 15) is 14.7 Å². The second-order valence-corrected chi connectivity index (χ2v) is 12.5. The van der Waals surface area contributed by atoms with Gasteiger partial charge in [0.05, 0.1) is 11.9 Å². The molecule has 4 fully saturated rings. The van der Waals surface area contributed by atoms with Crippen LogP contribution in [-0.4, -0.2) is 54.0 Å². The number of hydrogen-bond acceptors (Lipinski definition) is 6. The Morgan fingerprint density at radius 1 is 1.17 bits per heavy atom. The Kier molecular flexibility index (Phi) is 7.01. The lowest BCUT2D eigenvalue weighted by molar-refractivity contribution is -0.140. The molecule has 1 amide bonds. The molecule has 1 aliphatic heterocycles. The predicted molar refractivity (Wildman–Crippen MR) is 138 cm³/mol. The number of nitrogens with zero attached hydrogens (tertiary/aromatic N) is 1. The summed E-state index contributed by atoms with van der Waals surface area (Å²) in [7, 11) is 0. The molecule has 0 spiro atoms. The van der Waals surface area contributed by atoms with E-state index in [1.807, 2.05) is 11.0 Å². The lowest BCUT2D eigenvalue weighted by Crippen LogP contribution is -2.54. The molecule has 7 heteroatoms. The van der Waals surface area contributed by atoms with E-state index in [0.717, 1.165) is 89.5 Å². The van der Waals surface area contributed by atoms with E-state index >= 15 is 0 Å². The Morgan fingerprint density at radius 3 is 2.64 bits per heavy atom. The number of ether oxygens (including phenoxy) is 1. The lowest BCUT2D eigenvalue weighted by atomic mass is 9.50. The van der Waals surface area contributed by atoms with Crippen LogP contribution in [0.25, 0.3) is 0 Å². The van der Waals surface area contributed by atoms with E-state index in [0.29, 0.717) is 11.8 Å². The number of nitrogens with one attached hydrogen (secondary N) is 1. The maximum absolute atomic E-state index is 12.7. The van der Waals surface area contributed by atoms with Crippen molar-refractivity contribution in [3.05, 3.63) is 34.4 Å². The minimum atomic E-state index is -0.705. The van der Waals surface area contributed by atoms with Crippen molar-refractivity contribution >= 4 is 6.09 Å². The normalized spacial score (nSPS) is 41.1. The van der Waals surface area contributed by atoms with E-state index in [4.69, 9.17) is 9.15 Å². The maximum Gasteiger partial charge on any atom is 0.410 e. The third-order valence-corrected chi connectivity index (χ3v) is 11.0. The van der Waals surface area contributed by atoms with Gasteiger partial charge in [0, 0.05) is 37.7 Å². The van der Waals surface area contributed by atoms with Crippen LogP contribution in [-0.2, 0) is 4.74 Å². The van der Waals surface area contributed by atoms with Crippen molar-refractivity contribution in [3.63, 3.8) is 0 Å². The highest BCUT2D eigenvalue weighted by Gasteiger charge is 2.61. The van der Waals surface area contributed by atoms with E-state index in [2.05, 4.69) is 26.1 Å². The number of fused-ring (bicyclic) bond motifs is 1. The van der Waals surface area contributed by atoms with Crippen LogP contribution in [0.4, 0.5) is 4.79 Å². The van der Waals surface area contributed by atoms with Crippen LogP contribution in [0.5, 0.6) is 0 Å². The SMILES string of the molecule is CCC1CC(OC(=O)N2CCNCC2)CCC1(C)C1CCC2(C)C(c3ccc(=O)oc3)CCC2(O)C1. The van der Waals surface area contributed by atoms with E-state index in [-0.39, 0.29) is 34.6 Å². The predicted octanol–water partition coefficient (Wildman–Crippen LogP) is 4.68. The van der Waals surface area contributed by atoms with Gasteiger partial charge in [0.15, 0.2) is 0 Å². The summed E-state index contributed by atoms with van der Waals surface area (Å²) in [5, 5.41) is 15.4. The first-order valence-corrected chi connectivity index (χ1v) is 14.2. The van der Waals surface area contributed by atoms with Gasteiger partial charge in [0.25, 0.3) is 0 Å². The molecular formula is C29H44N2O5. The number of carbonyl (C=O) groups is 1. The highest BCUT2D eigenvalue weighted by molar-refractivity contribution is 5.68. The van der Waals surface area contributed by atoms with Crippen LogP contribution in [0.3, 0.4) is 0 Å². The van der Waals surface area contributed by atoms with Crippen LogP contribution < -0.4 is 10.9 Å². The van der Waals surface area contributed by atoms with Crippen molar-refractivity contribution in [3.8, 4) is 0 Å². The molecule has 0 bridgehead atoms. The van der Waals surface area contributed by atoms with Crippen molar-refractivity contribution in [2.75, 3.05) is 26.2 Å². The minimum Gasteiger partial charge on any atom is -0.446 e. The molecule has 36 heavy (non-hydrogen) atoms. The molecule has 2 N–H and O–H groups in total. The van der Waals surface area contributed by atoms with Gasteiger partial charge in [-0.05, 0) is 86.2 Å². The quantitative estimate of drug-likeness (QED) is 0.624.